The summed E-state index contributed by atoms with van der Waals surface area (Å²) in [4.78, 5) is 8.77. The van der Waals surface area contributed by atoms with Crippen LogP contribution in [0.2, 0.25) is 0 Å². The van der Waals surface area contributed by atoms with E-state index in [1.165, 1.54) is 11.1 Å². The highest BCUT2D eigenvalue weighted by atomic mass is 79.9. The van der Waals surface area contributed by atoms with Crippen LogP contribution < -0.4 is 10.6 Å². The van der Waals surface area contributed by atoms with E-state index in [1.807, 2.05) is 30.3 Å². The molecule has 2 N–H and O–H groups in total. The third-order valence-electron chi connectivity index (χ3n) is 3.40. The maximum atomic E-state index is 4.50. The zero-order chi connectivity index (χ0) is 16.2. The Labute approximate surface area is 144 Å². The monoisotopic (exact) mass is 368 g/mol. The fourth-order valence-corrected chi connectivity index (χ4v) is 2.51. The minimum absolute atomic E-state index is 0.557. The van der Waals surface area contributed by atoms with Crippen LogP contribution in [0, 0.1) is 13.8 Å². The van der Waals surface area contributed by atoms with E-state index in [1.54, 1.807) is 6.20 Å². The van der Waals surface area contributed by atoms with Crippen LogP contribution in [0.25, 0.3) is 0 Å². The van der Waals surface area contributed by atoms with Crippen LogP contribution in [-0.2, 0) is 0 Å². The van der Waals surface area contributed by atoms with E-state index in [2.05, 4.69) is 68.6 Å². The highest BCUT2D eigenvalue weighted by Crippen LogP contribution is 2.22. The summed E-state index contributed by atoms with van der Waals surface area (Å²) in [7, 11) is 0. The van der Waals surface area contributed by atoms with E-state index in [9.17, 15) is 0 Å². The predicted molar refractivity (Wildman–Crippen MR) is 98.7 cm³/mol. The second-order valence-corrected chi connectivity index (χ2v) is 6.26. The molecule has 0 unspecified atom stereocenters. The van der Waals surface area contributed by atoms with Gasteiger partial charge >= 0.3 is 0 Å². The lowest BCUT2D eigenvalue weighted by Gasteiger charge is -2.11. The second kappa shape index (κ2) is 6.79. The molecule has 0 aliphatic rings. The molecular formula is C18H17BrN4. The summed E-state index contributed by atoms with van der Waals surface area (Å²) in [5.41, 5.74) is 4.42. The van der Waals surface area contributed by atoms with Gasteiger partial charge in [0.25, 0.3) is 0 Å². The van der Waals surface area contributed by atoms with Gasteiger partial charge in [-0.15, -0.1) is 0 Å². The molecule has 0 bridgehead atoms. The third kappa shape index (κ3) is 4.07. The topological polar surface area (TPSA) is 49.8 Å². The van der Waals surface area contributed by atoms with Gasteiger partial charge in [0.15, 0.2) is 0 Å². The van der Waals surface area contributed by atoms with Crippen molar-refractivity contribution in [2.24, 2.45) is 0 Å². The minimum atomic E-state index is 0.557. The van der Waals surface area contributed by atoms with Crippen molar-refractivity contribution in [3.05, 3.63) is 70.3 Å². The number of hydrogen-bond acceptors (Lipinski definition) is 4. The molecule has 0 radical (unpaired) electrons. The lowest BCUT2D eigenvalue weighted by atomic mass is 10.1. The predicted octanol–water partition coefficient (Wildman–Crippen LogP) is 5.34. The summed E-state index contributed by atoms with van der Waals surface area (Å²) in [5, 5.41) is 6.53. The van der Waals surface area contributed by atoms with Crippen LogP contribution in [0.4, 0.5) is 23.1 Å². The fraction of sp³-hybridized carbons (Fsp3) is 0.111. The molecule has 116 valence electrons. The van der Waals surface area contributed by atoms with E-state index < -0.39 is 0 Å². The molecule has 0 fully saturated rings. The Morgan fingerprint density at radius 2 is 1.70 bits per heavy atom. The van der Waals surface area contributed by atoms with Gasteiger partial charge in [-0.2, -0.15) is 4.98 Å². The summed E-state index contributed by atoms with van der Waals surface area (Å²) in [5.74, 6) is 1.31. The standard InChI is InChI=1S/C18H17BrN4/c1-12-3-8-16(13(2)11-12)22-17-9-10-20-18(23-17)21-15-6-4-14(19)5-7-15/h3-11H,1-2H3,(H2,20,21,22,23). The third-order valence-corrected chi connectivity index (χ3v) is 3.93. The highest BCUT2D eigenvalue weighted by molar-refractivity contribution is 9.10. The van der Waals surface area contributed by atoms with Gasteiger partial charge in [0.2, 0.25) is 5.95 Å². The summed E-state index contributed by atoms with van der Waals surface area (Å²) in [6.07, 6.45) is 1.74. The van der Waals surface area contributed by atoms with Crippen molar-refractivity contribution in [2.75, 3.05) is 10.6 Å². The summed E-state index contributed by atoms with van der Waals surface area (Å²) in [6.45, 7) is 4.17. The minimum Gasteiger partial charge on any atom is -0.340 e. The smallest absolute Gasteiger partial charge is 0.229 e. The van der Waals surface area contributed by atoms with Gasteiger partial charge in [-0.05, 0) is 55.8 Å². The lowest BCUT2D eigenvalue weighted by molar-refractivity contribution is 1.16. The molecule has 0 aliphatic carbocycles. The normalized spacial score (nSPS) is 10.4. The van der Waals surface area contributed by atoms with Crippen LogP contribution in [0.3, 0.4) is 0 Å². The SMILES string of the molecule is Cc1ccc(Nc2ccnc(Nc3ccc(Br)cc3)n2)c(C)c1. The van der Waals surface area contributed by atoms with Crippen molar-refractivity contribution >= 4 is 39.1 Å². The number of rotatable bonds is 4. The first kappa shape index (κ1) is 15.5. The molecule has 0 amide bonds. The Hall–Kier alpha value is -2.40. The van der Waals surface area contributed by atoms with E-state index in [4.69, 9.17) is 0 Å². The lowest BCUT2D eigenvalue weighted by Crippen LogP contribution is -2.01. The molecule has 4 nitrogen and oxygen atoms in total. The van der Waals surface area contributed by atoms with Crippen LogP contribution in [0.15, 0.2) is 59.2 Å². The maximum Gasteiger partial charge on any atom is 0.229 e. The van der Waals surface area contributed by atoms with Gasteiger partial charge in [0, 0.05) is 22.0 Å². The van der Waals surface area contributed by atoms with Gasteiger partial charge in [-0.3, -0.25) is 0 Å². The van der Waals surface area contributed by atoms with Crippen molar-refractivity contribution in [1.29, 1.82) is 0 Å². The first-order chi connectivity index (χ1) is 11.1. The van der Waals surface area contributed by atoms with Crippen LogP contribution >= 0.6 is 15.9 Å². The molecule has 23 heavy (non-hydrogen) atoms. The molecular weight excluding hydrogens is 352 g/mol. The van der Waals surface area contributed by atoms with Crippen molar-refractivity contribution < 1.29 is 0 Å². The van der Waals surface area contributed by atoms with Gasteiger partial charge in [0.05, 0.1) is 0 Å². The van der Waals surface area contributed by atoms with Gasteiger partial charge in [-0.25, -0.2) is 4.98 Å². The Bertz CT molecular complexity index is 816. The Morgan fingerprint density at radius 1 is 0.913 bits per heavy atom. The van der Waals surface area contributed by atoms with Crippen molar-refractivity contribution in [2.45, 2.75) is 13.8 Å². The molecule has 0 saturated carbocycles. The summed E-state index contributed by atoms with van der Waals surface area (Å²) >= 11 is 3.42. The average Bonchev–Trinajstić information content (AvgIpc) is 2.53. The van der Waals surface area contributed by atoms with Gasteiger partial charge in [-0.1, -0.05) is 33.6 Å². The number of benzene rings is 2. The maximum absolute atomic E-state index is 4.50. The number of halogens is 1. The quantitative estimate of drug-likeness (QED) is 0.652. The molecule has 2 aromatic carbocycles. The molecule has 5 heteroatoms. The number of aryl methyl sites for hydroxylation is 2. The molecule has 3 aromatic rings. The van der Waals surface area contributed by atoms with Gasteiger partial charge < -0.3 is 10.6 Å². The molecule has 0 spiro atoms. The van der Waals surface area contributed by atoms with Crippen molar-refractivity contribution in [3.63, 3.8) is 0 Å². The van der Waals surface area contributed by atoms with Crippen LogP contribution in [0.1, 0.15) is 11.1 Å². The highest BCUT2D eigenvalue weighted by Gasteiger charge is 2.03. The molecule has 0 atom stereocenters. The van der Waals surface area contributed by atoms with E-state index in [-0.39, 0.29) is 0 Å². The first-order valence-electron chi connectivity index (χ1n) is 7.30. The largest absolute Gasteiger partial charge is 0.340 e. The first-order valence-corrected chi connectivity index (χ1v) is 8.09. The Morgan fingerprint density at radius 3 is 2.43 bits per heavy atom. The molecule has 0 aliphatic heterocycles. The number of anilines is 4. The fourth-order valence-electron chi connectivity index (χ4n) is 2.24. The van der Waals surface area contributed by atoms with E-state index in [0.717, 1.165) is 21.7 Å². The zero-order valence-electron chi connectivity index (χ0n) is 13.0. The Balaban J connectivity index is 1.78. The molecule has 1 heterocycles. The number of aromatic nitrogens is 2. The molecule has 0 saturated heterocycles. The average molecular weight is 369 g/mol. The molecule has 3 rings (SSSR count). The van der Waals surface area contributed by atoms with Crippen molar-refractivity contribution in [1.82, 2.24) is 9.97 Å². The Kier molecular flexibility index (Phi) is 4.57. The van der Waals surface area contributed by atoms with E-state index in [0.29, 0.717) is 5.95 Å². The van der Waals surface area contributed by atoms with Crippen LogP contribution in [0.5, 0.6) is 0 Å². The molecule has 1 aromatic heterocycles. The van der Waals surface area contributed by atoms with Crippen LogP contribution in [-0.4, -0.2) is 9.97 Å². The number of nitrogens with one attached hydrogen (secondary N) is 2. The second-order valence-electron chi connectivity index (χ2n) is 5.34. The van der Waals surface area contributed by atoms with Crippen molar-refractivity contribution in [3.8, 4) is 0 Å². The van der Waals surface area contributed by atoms with Gasteiger partial charge in [0.1, 0.15) is 5.82 Å². The zero-order valence-corrected chi connectivity index (χ0v) is 14.6. The van der Waals surface area contributed by atoms with E-state index >= 15 is 0 Å². The summed E-state index contributed by atoms with van der Waals surface area (Å²) in [6, 6.07) is 16.0. The summed E-state index contributed by atoms with van der Waals surface area (Å²) < 4.78 is 1.04. The number of nitrogens with zero attached hydrogens (tertiary/aromatic N) is 2. The number of hydrogen-bond donors (Lipinski definition) is 2.